The lowest BCUT2D eigenvalue weighted by Gasteiger charge is -2.10. The summed E-state index contributed by atoms with van der Waals surface area (Å²) >= 11 is 6.44. The molecule has 0 aliphatic rings. The Bertz CT molecular complexity index is 1060. The number of aromatic amines is 1. The largest absolute Gasteiger partial charge is 0.246 e. The van der Waals surface area contributed by atoms with Gasteiger partial charge in [0.1, 0.15) is 6.33 Å². The molecule has 1 N–H and O–H groups in total. The van der Waals surface area contributed by atoms with Crippen LogP contribution >= 0.6 is 11.6 Å². The lowest BCUT2D eigenvalue weighted by Crippen LogP contribution is -1.83. The predicted molar refractivity (Wildman–Crippen MR) is 98.1 cm³/mol. The number of nitrogens with one attached hydrogen (secondary N) is 1. The first-order valence-electron chi connectivity index (χ1n) is 7.51. The third-order valence-corrected chi connectivity index (χ3v) is 4.30. The van der Waals surface area contributed by atoms with E-state index in [1.54, 1.807) is 0 Å². The van der Waals surface area contributed by atoms with Crippen LogP contribution in [0.15, 0.2) is 73.1 Å². The van der Waals surface area contributed by atoms with Gasteiger partial charge in [0.25, 0.3) is 0 Å². The summed E-state index contributed by atoms with van der Waals surface area (Å²) in [6, 6.07) is 23.1. The number of rotatable bonds is 0. The summed E-state index contributed by atoms with van der Waals surface area (Å²) in [5.74, 6) is 0. The number of fused-ring (bicyclic) bond motifs is 6. The molecule has 5 rings (SSSR count). The van der Waals surface area contributed by atoms with Gasteiger partial charge < -0.3 is 0 Å². The number of nitrogens with zero attached hydrogens (tertiary/aromatic N) is 3. The highest BCUT2D eigenvalue weighted by Gasteiger charge is 2.09. The minimum Gasteiger partial charge on any atom is -0.246 e. The van der Waals surface area contributed by atoms with E-state index >= 15 is 0 Å². The van der Waals surface area contributed by atoms with E-state index in [0.29, 0.717) is 0 Å². The summed E-state index contributed by atoms with van der Waals surface area (Å²) in [5, 5.41) is 20.3. The van der Waals surface area contributed by atoms with E-state index in [4.69, 9.17) is 11.6 Å². The van der Waals surface area contributed by atoms with Crippen LogP contribution in [-0.4, -0.2) is 20.6 Å². The SMILES string of the molecule is Clc1cccc2c3ccccc3c3ccccc3c12.c1nnn[nH]1. The molecule has 4 nitrogen and oxygen atoms in total. The van der Waals surface area contributed by atoms with Crippen molar-refractivity contribution in [3.05, 3.63) is 78.1 Å². The quantitative estimate of drug-likeness (QED) is 0.406. The van der Waals surface area contributed by atoms with E-state index in [2.05, 4.69) is 75.2 Å². The number of benzene rings is 4. The van der Waals surface area contributed by atoms with Crippen molar-refractivity contribution in [3.63, 3.8) is 0 Å². The number of hydrogen-bond donors (Lipinski definition) is 1. The highest BCUT2D eigenvalue weighted by atomic mass is 35.5. The molecule has 4 aromatic carbocycles. The zero-order valence-corrected chi connectivity index (χ0v) is 13.4. The summed E-state index contributed by atoms with van der Waals surface area (Å²) < 4.78 is 0. The average Bonchev–Trinajstić information content (AvgIpc) is 3.22. The van der Waals surface area contributed by atoms with Gasteiger partial charge in [-0.25, -0.2) is 5.10 Å². The van der Waals surface area contributed by atoms with Gasteiger partial charge in [0, 0.05) is 10.4 Å². The third-order valence-electron chi connectivity index (χ3n) is 3.99. The Labute approximate surface area is 143 Å². The van der Waals surface area contributed by atoms with Gasteiger partial charge in [0.2, 0.25) is 0 Å². The smallest absolute Gasteiger partial charge is 0.135 e. The molecule has 1 heterocycles. The minimum absolute atomic E-state index is 0.819. The molecule has 1 aromatic heterocycles. The van der Waals surface area contributed by atoms with Crippen molar-refractivity contribution in [3.8, 4) is 0 Å². The van der Waals surface area contributed by atoms with Crippen molar-refractivity contribution in [1.29, 1.82) is 0 Å². The molecule has 0 radical (unpaired) electrons. The standard InChI is InChI=1S/C18H11Cl.CH2N4/c19-17-11-5-10-16-14-7-2-1-6-12(14)13-8-3-4-9-15(13)18(16)17;1-2-4-5-3-1/h1-11H;1H,(H,2,3,4,5). The highest BCUT2D eigenvalue weighted by molar-refractivity contribution is 6.40. The van der Waals surface area contributed by atoms with Gasteiger partial charge in [0.05, 0.1) is 0 Å². The molecular formula is C19H13ClN4. The molecule has 0 amide bonds. The number of hydrogen-bond acceptors (Lipinski definition) is 3. The van der Waals surface area contributed by atoms with Gasteiger partial charge in [-0.1, -0.05) is 72.3 Å². The molecule has 0 unspecified atom stereocenters. The average molecular weight is 333 g/mol. The van der Waals surface area contributed by atoms with Crippen LogP contribution in [0.3, 0.4) is 0 Å². The monoisotopic (exact) mass is 332 g/mol. The molecule has 0 spiro atoms. The molecule has 0 saturated carbocycles. The topological polar surface area (TPSA) is 54.5 Å². The van der Waals surface area contributed by atoms with Crippen LogP contribution in [0.25, 0.3) is 32.3 Å². The predicted octanol–water partition coefficient (Wildman–Crippen LogP) is 5.00. The lowest BCUT2D eigenvalue weighted by molar-refractivity contribution is 0.881. The maximum atomic E-state index is 6.44. The van der Waals surface area contributed by atoms with Crippen LogP contribution in [-0.2, 0) is 0 Å². The molecule has 0 aliphatic carbocycles. The van der Waals surface area contributed by atoms with Gasteiger partial charge >= 0.3 is 0 Å². The number of tetrazole rings is 1. The van der Waals surface area contributed by atoms with Gasteiger partial charge in [-0.05, 0) is 43.4 Å². The molecule has 0 atom stereocenters. The van der Waals surface area contributed by atoms with E-state index in [1.165, 1.54) is 33.3 Å². The van der Waals surface area contributed by atoms with Crippen LogP contribution in [0.1, 0.15) is 0 Å². The van der Waals surface area contributed by atoms with E-state index in [0.717, 1.165) is 10.4 Å². The van der Waals surface area contributed by atoms with Crippen molar-refractivity contribution in [2.45, 2.75) is 0 Å². The van der Waals surface area contributed by atoms with Crippen molar-refractivity contribution in [2.24, 2.45) is 0 Å². The summed E-state index contributed by atoms with van der Waals surface area (Å²) in [6.07, 6.45) is 1.40. The fourth-order valence-corrected chi connectivity index (χ4v) is 3.32. The minimum atomic E-state index is 0.819. The second-order valence-electron chi connectivity index (χ2n) is 5.32. The molecule has 24 heavy (non-hydrogen) atoms. The van der Waals surface area contributed by atoms with Crippen molar-refractivity contribution in [2.75, 3.05) is 0 Å². The van der Waals surface area contributed by atoms with Crippen LogP contribution in [0, 0.1) is 0 Å². The van der Waals surface area contributed by atoms with Crippen molar-refractivity contribution >= 4 is 43.9 Å². The normalized spacial score (nSPS) is 10.7. The molecule has 5 heteroatoms. The van der Waals surface area contributed by atoms with E-state index in [9.17, 15) is 0 Å². The molecule has 0 saturated heterocycles. The Balaban J connectivity index is 0.000000252. The van der Waals surface area contributed by atoms with Crippen LogP contribution in [0.5, 0.6) is 0 Å². The fourth-order valence-electron chi connectivity index (χ4n) is 3.04. The summed E-state index contributed by atoms with van der Waals surface area (Å²) in [6.45, 7) is 0. The number of aromatic nitrogens is 4. The van der Waals surface area contributed by atoms with Crippen LogP contribution < -0.4 is 0 Å². The van der Waals surface area contributed by atoms with E-state index in [1.807, 2.05) is 12.1 Å². The first-order chi connectivity index (χ1) is 11.9. The summed E-state index contributed by atoms with van der Waals surface area (Å²) in [7, 11) is 0. The van der Waals surface area contributed by atoms with Gasteiger partial charge in [0.15, 0.2) is 0 Å². The summed E-state index contributed by atoms with van der Waals surface area (Å²) in [4.78, 5) is 0. The first kappa shape index (κ1) is 14.6. The Hall–Kier alpha value is -2.98. The zero-order valence-electron chi connectivity index (χ0n) is 12.6. The zero-order chi connectivity index (χ0) is 16.4. The molecule has 0 fully saturated rings. The number of halogens is 1. The van der Waals surface area contributed by atoms with Crippen LogP contribution in [0.4, 0.5) is 0 Å². The Morgan fingerprint density at radius 1 is 0.667 bits per heavy atom. The molecule has 0 aliphatic heterocycles. The third kappa shape index (κ3) is 2.47. The van der Waals surface area contributed by atoms with Gasteiger partial charge in [-0.15, -0.1) is 5.10 Å². The first-order valence-corrected chi connectivity index (χ1v) is 7.89. The van der Waals surface area contributed by atoms with E-state index in [-0.39, 0.29) is 0 Å². The fraction of sp³-hybridized carbons (Fsp3) is 0. The second-order valence-corrected chi connectivity index (χ2v) is 5.72. The van der Waals surface area contributed by atoms with Crippen molar-refractivity contribution in [1.82, 2.24) is 20.6 Å². The van der Waals surface area contributed by atoms with E-state index < -0.39 is 0 Å². The van der Waals surface area contributed by atoms with Crippen molar-refractivity contribution < 1.29 is 0 Å². The Morgan fingerprint density at radius 3 is 1.71 bits per heavy atom. The molecule has 116 valence electrons. The van der Waals surface area contributed by atoms with Crippen LogP contribution in [0.2, 0.25) is 5.02 Å². The summed E-state index contributed by atoms with van der Waals surface area (Å²) in [5.41, 5.74) is 0. The maximum absolute atomic E-state index is 6.44. The second kappa shape index (κ2) is 6.26. The maximum Gasteiger partial charge on any atom is 0.135 e. The highest BCUT2D eigenvalue weighted by Crippen LogP contribution is 2.37. The number of H-pyrrole nitrogens is 1. The van der Waals surface area contributed by atoms with Gasteiger partial charge in [-0.2, -0.15) is 0 Å². The Morgan fingerprint density at radius 2 is 1.21 bits per heavy atom. The Kier molecular flexibility index (Phi) is 3.81. The molecule has 5 aromatic rings. The molecule has 0 bridgehead atoms. The van der Waals surface area contributed by atoms with Gasteiger partial charge in [-0.3, -0.25) is 0 Å². The lowest BCUT2D eigenvalue weighted by atomic mass is 9.94. The molecular weight excluding hydrogens is 320 g/mol.